The smallest absolute Gasteiger partial charge is 0.307 e. The average Bonchev–Trinajstić information content (AvgIpc) is 3.18. The van der Waals surface area contributed by atoms with E-state index in [1.54, 1.807) is 23.5 Å². The predicted octanol–water partition coefficient (Wildman–Crippen LogP) is 4.92. The highest BCUT2D eigenvalue weighted by atomic mass is 35.5. The lowest BCUT2D eigenvalue weighted by Gasteiger charge is -2.02. The van der Waals surface area contributed by atoms with Crippen molar-refractivity contribution in [1.82, 2.24) is 4.98 Å². The summed E-state index contributed by atoms with van der Waals surface area (Å²) < 4.78 is 7.60. The highest BCUT2D eigenvalue weighted by molar-refractivity contribution is 8.01. The van der Waals surface area contributed by atoms with E-state index in [0.717, 1.165) is 14.6 Å². The molecule has 0 aliphatic heterocycles. The molecular weight excluding hydrogens is 386 g/mol. The van der Waals surface area contributed by atoms with Crippen molar-refractivity contribution in [2.45, 2.75) is 10.8 Å². The number of hydrogen-bond acceptors (Lipinski definition) is 7. The topological polar surface area (TPSA) is 56.3 Å². The van der Waals surface area contributed by atoms with Gasteiger partial charge in [0.25, 0.3) is 0 Å². The Morgan fingerprint density at radius 1 is 1.17 bits per heavy atom. The van der Waals surface area contributed by atoms with Crippen molar-refractivity contribution in [1.29, 1.82) is 0 Å². The average molecular weight is 398 g/mol. The van der Waals surface area contributed by atoms with Gasteiger partial charge in [-0.1, -0.05) is 35.5 Å². The number of carbonyl (C=O) groups is 2. The van der Waals surface area contributed by atoms with Crippen molar-refractivity contribution in [3.8, 4) is 0 Å². The minimum Gasteiger partial charge on any atom is -0.457 e. The Hall–Kier alpha value is -1.41. The number of carbonyl (C=O) groups excluding carboxylic acids is 2. The van der Waals surface area contributed by atoms with Crippen LogP contribution >= 0.6 is 46.0 Å². The van der Waals surface area contributed by atoms with Crippen LogP contribution < -0.4 is 0 Å². The van der Waals surface area contributed by atoms with Gasteiger partial charge in [-0.3, -0.25) is 9.59 Å². The van der Waals surface area contributed by atoms with Gasteiger partial charge in [0.2, 0.25) is 5.78 Å². The molecule has 0 spiro atoms. The van der Waals surface area contributed by atoms with Crippen LogP contribution in [0.15, 0.2) is 40.7 Å². The lowest BCUT2D eigenvalue weighted by atomic mass is 10.3. The number of esters is 1. The second-order valence-electron chi connectivity index (χ2n) is 4.73. The Balaban J connectivity index is 1.41. The minimum atomic E-state index is -0.389. The van der Waals surface area contributed by atoms with Crippen molar-refractivity contribution in [3.05, 3.63) is 45.6 Å². The van der Waals surface area contributed by atoms with Crippen molar-refractivity contribution in [2.24, 2.45) is 0 Å². The Kier molecular flexibility index (Phi) is 5.89. The van der Waals surface area contributed by atoms with Gasteiger partial charge in [0.1, 0.15) is 0 Å². The zero-order valence-corrected chi connectivity index (χ0v) is 15.6. The van der Waals surface area contributed by atoms with Crippen LogP contribution in [0.5, 0.6) is 0 Å². The first kappa shape index (κ1) is 17.4. The standard InChI is InChI=1S/C16H12ClNO3S3/c17-14-6-5-13(23-14)11(19)9-21-15(20)7-8-22-16-18-10-3-1-2-4-12(10)24-16/h1-6H,7-9H2. The number of fused-ring (bicyclic) bond motifs is 1. The van der Waals surface area contributed by atoms with Crippen molar-refractivity contribution < 1.29 is 14.3 Å². The molecule has 0 fully saturated rings. The van der Waals surface area contributed by atoms with Crippen molar-refractivity contribution >= 4 is 68.0 Å². The highest BCUT2D eigenvalue weighted by Crippen LogP contribution is 2.29. The molecule has 0 aliphatic rings. The monoisotopic (exact) mass is 397 g/mol. The number of thiophene rings is 1. The fourth-order valence-corrected chi connectivity index (χ4v) is 4.91. The summed E-state index contributed by atoms with van der Waals surface area (Å²) in [4.78, 5) is 28.5. The van der Waals surface area contributed by atoms with Crippen molar-refractivity contribution in [3.63, 3.8) is 0 Å². The quantitative estimate of drug-likeness (QED) is 0.322. The number of thiazole rings is 1. The Labute approximate surface area is 155 Å². The summed E-state index contributed by atoms with van der Waals surface area (Å²) in [5, 5.41) is 0. The SMILES string of the molecule is O=C(CCSc1nc2ccccc2s1)OCC(=O)c1ccc(Cl)s1. The molecule has 0 atom stereocenters. The number of nitrogens with zero attached hydrogens (tertiary/aromatic N) is 1. The zero-order chi connectivity index (χ0) is 16.9. The van der Waals surface area contributed by atoms with Gasteiger partial charge >= 0.3 is 5.97 Å². The van der Waals surface area contributed by atoms with Gasteiger partial charge in [0.15, 0.2) is 10.9 Å². The normalized spacial score (nSPS) is 10.9. The molecule has 3 rings (SSSR count). The van der Waals surface area contributed by atoms with E-state index < -0.39 is 0 Å². The molecule has 0 saturated heterocycles. The molecule has 4 nitrogen and oxygen atoms in total. The highest BCUT2D eigenvalue weighted by Gasteiger charge is 2.12. The number of thioether (sulfide) groups is 1. The molecular formula is C16H12ClNO3S3. The van der Waals surface area contributed by atoms with Gasteiger partial charge in [-0.05, 0) is 24.3 Å². The van der Waals surface area contributed by atoms with Crippen LogP contribution in [-0.2, 0) is 9.53 Å². The van der Waals surface area contributed by atoms with Crippen molar-refractivity contribution in [2.75, 3.05) is 12.4 Å². The molecule has 2 aromatic heterocycles. The molecule has 0 aliphatic carbocycles. The second-order valence-corrected chi connectivity index (χ2v) is 8.82. The fourth-order valence-electron chi connectivity index (χ4n) is 1.89. The summed E-state index contributed by atoms with van der Waals surface area (Å²) in [5.41, 5.74) is 0.966. The third-order valence-corrected chi connectivity index (χ3v) is 6.47. The van der Waals surface area contributed by atoms with E-state index in [0.29, 0.717) is 15.0 Å². The Morgan fingerprint density at radius 3 is 2.75 bits per heavy atom. The summed E-state index contributed by atoms with van der Waals surface area (Å²) in [6, 6.07) is 11.2. The third kappa shape index (κ3) is 4.57. The van der Waals surface area contributed by atoms with Crippen LogP contribution in [0.25, 0.3) is 10.2 Å². The van der Waals surface area contributed by atoms with E-state index >= 15 is 0 Å². The van der Waals surface area contributed by atoms with Gasteiger partial charge in [-0.15, -0.1) is 22.7 Å². The lowest BCUT2D eigenvalue weighted by molar-refractivity contribution is -0.141. The van der Waals surface area contributed by atoms with E-state index in [1.807, 2.05) is 24.3 Å². The fraction of sp³-hybridized carbons (Fsp3) is 0.188. The number of Topliss-reactive ketones (excluding diaryl/α,β-unsaturated/α-hetero) is 1. The lowest BCUT2D eigenvalue weighted by Crippen LogP contribution is -2.13. The van der Waals surface area contributed by atoms with Crippen LogP contribution in [0.1, 0.15) is 16.1 Å². The molecule has 124 valence electrons. The number of ketones is 1. The molecule has 3 aromatic rings. The molecule has 0 N–H and O–H groups in total. The number of rotatable bonds is 7. The molecule has 24 heavy (non-hydrogen) atoms. The Morgan fingerprint density at radius 2 is 2.00 bits per heavy atom. The van der Waals surface area contributed by atoms with Crippen LogP contribution in [0.4, 0.5) is 0 Å². The summed E-state index contributed by atoms with van der Waals surface area (Å²) >= 11 is 10.1. The third-order valence-electron chi connectivity index (χ3n) is 3.02. The number of hydrogen-bond donors (Lipinski definition) is 0. The predicted molar refractivity (Wildman–Crippen MR) is 99.6 cm³/mol. The van der Waals surface area contributed by atoms with Gasteiger partial charge in [-0.25, -0.2) is 4.98 Å². The zero-order valence-electron chi connectivity index (χ0n) is 12.4. The maximum atomic E-state index is 11.8. The number of ether oxygens (including phenoxy) is 1. The first-order valence-electron chi connectivity index (χ1n) is 7.04. The maximum absolute atomic E-state index is 11.8. The van der Waals surface area contributed by atoms with E-state index in [2.05, 4.69) is 4.98 Å². The van der Waals surface area contributed by atoms with E-state index in [-0.39, 0.29) is 24.8 Å². The molecule has 0 bridgehead atoms. The summed E-state index contributed by atoms with van der Waals surface area (Å²) in [5.74, 6) is -0.0591. The van der Waals surface area contributed by atoms with Crippen LogP contribution in [0.3, 0.4) is 0 Å². The van der Waals surface area contributed by atoms with Gasteiger partial charge < -0.3 is 4.74 Å². The maximum Gasteiger partial charge on any atom is 0.307 e. The summed E-state index contributed by atoms with van der Waals surface area (Å²) in [6.07, 6.45) is 0.235. The van der Waals surface area contributed by atoms with Gasteiger partial charge in [0, 0.05) is 5.75 Å². The molecule has 0 radical (unpaired) electrons. The number of halogens is 1. The van der Waals surface area contributed by atoms with E-state index in [1.165, 1.54) is 23.1 Å². The molecule has 0 unspecified atom stereocenters. The summed E-state index contributed by atoms with van der Waals surface area (Å²) in [7, 11) is 0. The second kappa shape index (κ2) is 8.11. The first-order chi connectivity index (χ1) is 11.6. The largest absolute Gasteiger partial charge is 0.457 e. The van der Waals surface area contributed by atoms with E-state index in [4.69, 9.17) is 16.3 Å². The number of aromatic nitrogens is 1. The molecule has 1 aromatic carbocycles. The van der Waals surface area contributed by atoms with Crippen LogP contribution in [0.2, 0.25) is 4.34 Å². The summed E-state index contributed by atoms with van der Waals surface area (Å²) in [6.45, 7) is -0.249. The number of benzene rings is 1. The minimum absolute atomic E-state index is 0.235. The van der Waals surface area contributed by atoms with E-state index in [9.17, 15) is 9.59 Å². The molecule has 8 heteroatoms. The van der Waals surface area contributed by atoms with Crippen LogP contribution in [-0.4, -0.2) is 29.1 Å². The molecule has 2 heterocycles. The van der Waals surface area contributed by atoms with Crippen LogP contribution in [0, 0.1) is 0 Å². The Bertz CT molecular complexity index is 841. The molecule has 0 amide bonds. The van der Waals surface area contributed by atoms with Gasteiger partial charge in [-0.2, -0.15) is 0 Å². The first-order valence-corrected chi connectivity index (χ1v) is 10.0. The van der Waals surface area contributed by atoms with Gasteiger partial charge in [0.05, 0.1) is 25.9 Å². The molecule has 0 saturated carbocycles. The number of para-hydroxylation sites is 1.